The number of aliphatic imine (C=N–C) groups is 1. The number of hydrogen-bond acceptors (Lipinski definition) is 5. The molecule has 1 heterocycles. The number of β-amino-alcohol motifs (C(OH)–C–C–N with tert-alkyl or cyclic N) is 1. The topological polar surface area (TPSA) is 123 Å². The number of carbonyl (C=O) groups is 3. The van der Waals surface area contributed by atoms with E-state index < -0.39 is 18.1 Å². The summed E-state index contributed by atoms with van der Waals surface area (Å²) in [5, 5.41) is 21.9. The fourth-order valence-corrected chi connectivity index (χ4v) is 3.48. The molecule has 1 aliphatic heterocycles. The van der Waals surface area contributed by atoms with E-state index >= 15 is 0 Å². The van der Waals surface area contributed by atoms with E-state index in [1.807, 2.05) is 30.3 Å². The summed E-state index contributed by atoms with van der Waals surface area (Å²) in [4.78, 5) is 40.7. The molecule has 2 aromatic rings. The van der Waals surface area contributed by atoms with E-state index in [-0.39, 0.29) is 25.4 Å². The number of benzene rings is 2. The first kappa shape index (κ1) is 21.9. The number of aliphatic hydroxyl groups is 1. The summed E-state index contributed by atoms with van der Waals surface area (Å²) in [6.45, 7) is 0.338. The van der Waals surface area contributed by atoms with Gasteiger partial charge in [-0.25, -0.2) is 4.99 Å². The van der Waals surface area contributed by atoms with Gasteiger partial charge in [0, 0.05) is 37.7 Å². The fourth-order valence-electron chi connectivity index (χ4n) is 3.48. The van der Waals surface area contributed by atoms with Crippen LogP contribution in [0.25, 0.3) is 0 Å². The quantitative estimate of drug-likeness (QED) is 0.517. The molecule has 0 aliphatic carbocycles. The zero-order chi connectivity index (χ0) is 22.2. The molecule has 8 nitrogen and oxygen atoms in total. The third-order valence-corrected chi connectivity index (χ3v) is 5.06. The van der Waals surface area contributed by atoms with Crippen LogP contribution in [0.15, 0.2) is 53.5 Å². The minimum atomic E-state index is -0.786. The second-order valence-corrected chi connectivity index (χ2v) is 7.23. The first-order valence-electron chi connectivity index (χ1n) is 9.82. The summed E-state index contributed by atoms with van der Waals surface area (Å²) in [5.41, 5.74) is 2.52. The number of rotatable bonds is 7. The van der Waals surface area contributed by atoms with Gasteiger partial charge in [0.25, 0.3) is 5.91 Å². The van der Waals surface area contributed by atoms with E-state index in [4.69, 9.17) is 5.26 Å². The molecule has 2 atom stereocenters. The molecule has 158 valence electrons. The van der Waals surface area contributed by atoms with Gasteiger partial charge in [-0.1, -0.05) is 30.3 Å². The molecule has 0 saturated carbocycles. The van der Waals surface area contributed by atoms with Crippen LogP contribution in [0.2, 0.25) is 0 Å². The van der Waals surface area contributed by atoms with Crippen LogP contribution in [0.3, 0.4) is 0 Å². The number of likely N-dealkylation sites (tertiary alicyclic amines) is 1. The van der Waals surface area contributed by atoms with Crippen LogP contribution in [0, 0.1) is 11.3 Å². The minimum Gasteiger partial charge on any atom is -0.391 e. The van der Waals surface area contributed by atoms with Crippen LogP contribution in [0.4, 0.5) is 0 Å². The first-order valence-corrected chi connectivity index (χ1v) is 9.82. The lowest BCUT2D eigenvalue weighted by Gasteiger charge is -2.24. The standard InChI is InChI=1S/C23H22N4O4/c24-12-18-2-1-3-19(10-18)23(31)27-14-20(29)11-21(27)22(30)26-13-17-6-4-16(5-7-17)8-9-25-15-28/h1-7,9-10,15,20-21,29H,8,11,13-14H2,(H,26,30). The number of nitrogens with one attached hydrogen (secondary N) is 1. The predicted octanol–water partition coefficient (Wildman–Crippen LogP) is 1.22. The molecule has 0 spiro atoms. The van der Waals surface area contributed by atoms with Crippen molar-refractivity contribution < 1.29 is 19.5 Å². The molecular formula is C23H22N4O4. The van der Waals surface area contributed by atoms with Crippen molar-refractivity contribution in [3.63, 3.8) is 0 Å². The van der Waals surface area contributed by atoms with Gasteiger partial charge in [-0.05, 0) is 29.3 Å². The molecule has 0 bridgehead atoms. The van der Waals surface area contributed by atoms with Crippen molar-refractivity contribution >= 4 is 24.4 Å². The third kappa shape index (κ3) is 5.62. The number of aliphatic hydroxyl groups excluding tert-OH is 1. The van der Waals surface area contributed by atoms with Crippen molar-refractivity contribution in [2.24, 2.45) is 4.99 Å². The van der Waals surface area contributed by atoms with Gasteiger partial charge in [0.2, 0.25) is 12.3 Å². The Kier molecular flexibility index (Phi) is 7.25. The van der Waals surface area contributed by atoms with Crippen molar-refractivity contribution in [3.8, 4) is 6.07 Å². The predicted molar refractivity (Wildman–Crippen MR) is 113 cm³/mol. The van der Waals surface area contributed by atoms with Crippen LogP contribution in [0.1, 0.15) is 33.5 Å². The van der Waals surface area contributed by atoms with Gasteiger partial charge in [-0.15, -0.1) is 0 Å². The lowest BCUT2D eigenvalue weighted by molar-refractivity contribution is -0.125. The molecule has 8 heteroatoms. The van der Waals surface area contributed by atoms with Gasteiger partial charge in [-0.3, -0.25) is 14.4 Å². The van der Waals surface area contributed by atoms with Crippen LogP contribution in [-0.2, 0) is 22.6 Å². The summed E-state index contributed by atoms with van der Waals surface area (Å²) in [6.07, 6.45) is 1.91. The molecule has 2 N–H and O–H groups in total. The molecule has 1 aliphatic rings. The molecule has 1 saturated heterocycles. The number of carbonyl (C=O) groups excluding carboxylic acids is 3. The first-order chi connectivity index (χ1) is 15.0. The highest BCUT2D eigenvalue weighted by atomic mass is 16.3. The Morgan fingerprint density at radius 1 is 1.23 bits per heavy atom. The Morgan fingerprint density at radius 2 is 1.97 bits per heavy atom. The normalized spacial score (nSPS) is 18.0. The largest absolute Gasteiger partial charge is 0.391 e. The summed E-state index contributed by atoms with van der Waals surface area (Å²) in [7, 11) is 0. The maximum absolute atomic E-state index is 12.9. The van der Waals surface area contributed by atoms with Gasteiger partial charge in [-0.2, -0.15) is 5.26 Å². The second-order valence-electron chi connectivity index (χ2n) is 7.23. The summed E-state index contributed by atoms with van der Waals surface area (Å²) in [5.74, 6) is -0.737. The van der Waals surface area contributed by atoms with Crippen molar-refractivity contribution in [3.05, 3.63) is 70.8 Å². The van der Waals surface area contributed by atoms with E-state index in [2.05, 4.69) is 10.3 Å². The fraction of sp³-hybridized carbons (Fsp3) is 0.261. The van der Waals surface area contributed by atoms with E-state index in [1.54, 1.807) is 18.2 Å². The summed E-state index contributed by atoms with van der Waals surface area (Å²) in [6, 6.07) is 15.0. The maximum atomic E-state index is 12.9. The molecule has 0 radical (unpaired) electrons. The highest BCUT2D eigenvalue weighted by Gasteiger charge is 2.39. The minimum absolute atomic E-state index is 0.0603. The molecule has 0 aromatic heterocycles. The van der Waals surface area contributed by atoms with Crippen molar-refractivity contribution in [1.82, 2.24) is 10.2 Å². The zero-order valence-electron chi connectivity index (χ0n) is 16.8. The van der Waals surface area contributed by atoms with Crippen molar-refractivity contribution in [1.29, 1.82) is 5.26 Å². The molecule has 3 amide bonds. The van der Waals surface area contributed by atoms with E-state index in [0.717, 1.165) is 11.1 Å². The molecular weight excluding hydrogens is 396 g/mol. The molecule has 3 rings (SSSR count). The van der Waals surface area contributed by atoms with E-state index in [1.165, 1.54) is 17.2 Å². The number of nitriles is 1. The smallest absolute Gasteiger partial charge is 0.254 e. The van der Waals surface area contributed by atoms with Gasteiger partial charge in [0.1, 0.15) is 6.04 Å². The zero-order valence-corrected chi connectivity index (χ0v) is 16.8. The molecule has 1 fully saturated rings. The Labute approximate surface area is 179 Å². The highest BCUT2D eigenvalue weighted by Crippen LogP contribution is 2.21. The van der Waals surface area contributed by atoms with Crippen molar-refractivity contribution in [2.45, 2.75) is 31.5 Å². The van der Waals surface area contributed by atoms with Crippen LogP contribution in [-0.4, -0.2) is 53.1 Å². The lowest BCUT2D eigenvalue weighted by atomic mass is 10.1. The molecule has 2 aromatic carbocycles. The summed E-state index contributed by atoms with van der Waals surface area (Å²) >= 11 is 0. The van der Waals surface area contributed by atoms with Crippen LogP contribution >= 0.6 is 0 Å². The highest BCUT2D eigenvalue weighted by molar-refractivity contribution is 5.98. The van der Waals surface area contributed by atoms with Gasteiger partial charge in [0.05, 0.1) is 17.7 Å². The van der Waals surface area contributed by atoms with E-state index in [9.17, 15) is 19.5 Å². The number of amides is 3. The Hall–Kier alpha value is -3.83. The average Bonchev–Trinajstić information content (AvgIpc) is 3.19. The van der Waals surface area contributed by atoms with Crippen LogP contribution < -0.4 is 5.32 Å². The van der Waals surface area contributed by atoms with Gasteiger partial charge < -0.3 is 15.3 Å². The average molecular weight is 418 g/mol. The summed E-state index contributed by atoms with van der Waals surface area (Å²) < 4.78 is 0. The Morgan fingerprint density at radius 3 is 2.68 bits per heavy atom. The molecule has 31 heavy (non-hydrogen) atoms. The number of nitrogens with zero attached hydrogens (tertiary/aromatic N) is 3. The van der Waals surface area contributed by atoms with Crippen LogP contribution in [0.5, 0.6) is 0 Å². The van der Waals surface area contributed by atoms with Gasteiger partial charge in [0.15, 0.2) is 0 Å². The van der Waals surface area contributed by atoms with E-state index in [0.29, 0.717) is 24.0 Å². The third-order valence-electron chi connectivity index (χ3n) is 5.06. The maximum Gasteiger partial charge on any atom is 0.254 e. The second kappa shape index (κ2) is 10.3. The Balaban J connectivity index is 1.63. The molecule has 2 unspecified atom stereocenters. The van der Waals surface area contributed by atoms with Gasteiger partial charge >= 0.3 is 0 Å². The number of hydrogen-bond donors (Lipinski definition) is 2. The SMILES string of the molecule is N#Cc1cccc(C(=O)N2CC(O)CC2C(=O)NCc2ccc(CC=NC=O)cc2)c1. The Bertz CT molecular complexity index is 1030. The van der Waals surface area contributed by atoms with Crippen molar-refractivity contribution in [2.75, 3.05) is 6.54 Å². The monoisotopic (exact) mass is 418 g/mol. The lowest BCUT2D eigenvalue weighted by Crippen LogP contribution is -2.45.